The highest BCUT2D eigenvalue weighted by atomic mass is 35.5. The van der Waals surface area contributed by atoms with Crippen molar-refractivity contribution in [2.45, 2.75) is 4.90 Å². The van der Waals surface area contributed by atoms with Gasteiger partial charge >= 0.3 is 0 Å². The highest BCUT2D eigenvalue weighted by Gasteiger charge is 2.14. The van der Waals surface area contributed by atoms with Gasteiger partial charge in [0.15, 0.2) is 6.61 Å². The number of carbonyl (C=O) groups excluding carboxylic acids is 1. The first-order valence-corrected chi connectivity index (χ1v) is 10.8. The first-order valence-electron chi connectivity index (χ1n) is 8.91. The number of amides is 1. The van der Waals surface area contributed by atoms with Crippen LogP contribution in [-0.2, 0) is 14.8 Å². The number of rotatable bonds is 8. The molecule has 0 heterocycles. The SMILES string of the molecule is COc1ccc(NC(=O)COc2ccc(S(=O)(=O)Nc3ccc(F)cc3)cc2)cc1Cl. The van der Waals surface area contributed by atoms with Crippen LogP contribution in [0.15, 0.2) is 71.6 Å². The summed E-state index contributed by atoms with van der Waals surface area (Å²) in [5.41, 5.74) is 0.713. The van der Waals surface area contributed by atoms with Gasteiger partial charge in [0, 0.05) is 11.4 Å². The maximum Gasteiger partial charge on any atom is 0.262 e. The summed E-state index contributed by atoms with van der Waals surface area (Å²) in [6, 6.07) is 15.3. The summed E-state index contributed by atoms with van der Waals surface area (Å²) in [5, 5.41) is 2.99. The topological polar surface area (TPSA) is 93.7 Å². The number of hydrogen-bond donors (Lipinski definition) is 2. The van der Waals surface area contributed by atoms with E-state index in [1.165, 1.54) is 43.5 Å². The van der Waals surface area contributed by atoms with Gasteiger partial charge in [-0.1, -0.05) is 11.6 Å². The van der Waals surface area contributed by atoms with E-state index in [1.54, 1.807) is 18.2 Å². The van der Waals surface area contributed by atoms with E-state index in [0.717, 1.165) is 12.1 Å². The number of methoxy groups -OCH3 is 1. The lowest BCUT2D eigenvalue weighted by molar-refractivity contribution is -0.118. The molecular formula is C21H18ClFN2O5S. The van der Waals surface area contributed by atoms with Crippen LogP contribution in [0.3, 0.4) is 0 Å². The van der Waals surface area contributed by atoms with Crippen LogP contribution in [0.1, 0.15) is 0 Å². The highest BCUT2D eigenvalue weighted by molar-refractivity contribution is 7.92. The number of sulfonamides is 1. The second kappa shape index (κ2) is 9.67. The molecule has 0 saturated heterocycles. The molecule has 0 radical (unpaired) electrons. The van der Waals surface area contributed by atoms with Crippen LogP contribution in [0, 0.1) is 5.82 Å². The van der Waals surface area contributed by atoms with Gasteiger partial charge in [-0.15, -0.1) is 0 Å². The Hall–Kier alpha value is -3.30. The maximum absolute atomic E-state index is 13.0. The molecule has 0 aromatic heterocycles. The molecule has 0 atom stereocenters. The predicted octanol–water partition coefficient (Wildman–Crippen LogP) is 4.31. The molecule has 162 valence electrons. The van der Waals surface area contributed by atoms with Crippen LogP contribution >= 0.6 is 11.6 Å². The molecule has 3 aromatic rings. The van der Waals surface area contributed by atoms with Gasteiger partial charge in [-0.25, -0.2) is 12.8 Å². The summed E-state index contributed by atoms with van der Waals surface area (Å²) in [5.74, 6) is -0.0944. The Morgan fingerprint density at radius 2 is 1.65 bits per heavy atom. The van der Waals surface area contributed by atoms with E-state index in [1.807, 2.05) is 0 Å². The minimum Gasteiger partial charge on any atom is -0.495 e. The van der Waals surface area contributed by atoms with Crippen molar-refractivity contribution in [3.05, 3.63) is 77.6 Å². The number of ether oxygens (including phenoxy) is 2. The maximum atomic E-state index is 13.0. The molecule has 3 aromatic carbocycles. The van der Waals surface area contributed by atoms with Crippen LogP contribution in [0.2, 0.25) is 5.02 Å². The zero-order valence-electron chi connectivity index (χ0n) is 16.3. The van der Waals surface area contributed by atoms with Crippen LogP contribution in [-0.4, -0.2) is 28.0 Å². The standard InChI is InChI=1S/C21H18ClFN2O5S/c1-29-20-11-6-16(12-19(20)22)24-21(26)13-30-17-7-9-18(10-8-17)31(27,28)25-15-4-2-14(23)3-5-15/h2-12,25H,13H2,1H3,(H,24,26). The second-order valence-electron chi connectivity index (χ2n) is 6.27. The second-order valence-corrected chi connectivity index (χ2v) is 8.36. The molecule has 0 bridgehead atoms. The van der Waals surface area contributed by atoms with Crippen molar-refractivity contribution in [1.82, 2.24) is 0 Å². The summed E-state index contributed by atoms with van der Waals surface area (Å²) < 4.78 is 50.6. The first kappa shape index (κ1) is 22.4. The minimum absolute atomic E-state index is 0.0125. The van der Waals surface area contributed by atoms with Crippen LogP contribution in [0.4, 0.5) is 15.8 Å². The fraction of sp³-hybridized carbons (Fsp3) is 0.0952. The summed E-state index contributed by atoms with van der Waals surface area (Å²) in [7, 11) is -2.37. The van der Waals surface area contributed by atoms with Crippen molar-refractivity contribution in [2.24, 2.45) is 0 Å². The Balaban J connectivity index is 1.56. The van der Waals surface area contributed by atoms with E-state index < -0.39 is 21.7 Å². The quantitative estimate of drug-likeness (QED) is 0.518. The Morgan fingerprint density at radius 3 is 2.26 bits per heavy atom. The van der Waals surface area contributed by atoms with Crippen molar-refractivity contribution in [1.29, 1.82) is 0 Å². The van der Waals surface area contributed by atoms with Crippen molar-refractivity contribution in [3.8, 4) is 11.5 Å². The lowest BCUT2D eigenvalue weighted by Gasteiger charge is -2.11. The predicted molar refractivity (Wildman–Crippen MR) is 116 cm³/mol. The van der Waals surface area contributed by atoms with Gasteiger partial charge in [-0.05, 0) is 66.7 Å². The average Bonchev–Trinajstić information content (AvgIpc) is 2.74. The Bertz CT molecular complexity index is 1170. The summed E-state index contributed by atoms with van der Waals surface area (Å²) in [6.07, 6.45) is 0. The lowest BCUT2D eigenvalue weighted by Crippen LogP contribution is -2.20. The Morgan fingerprint density at radius 1 is 1.00 bits per heavy atom. The lowest BCUT2D eigenvalue weighted by atomic mass is 10.3. The minimum atomic E-state index is -3.85. The average molecular weight is 465 g/mol. The van der Waals surface area contributed by atoms with E-state index in [4.69, 9.17) is 21.1 Å². The van der Waals surface area contributed by atoms with Crippen molar-refractivity contribution in [3.63, 3.8) is 0 Å². The smallest absolute Gasteiger partial charge is 0.262 e. The van der Waals surface area contributed by atoms with E-state index in [9.17, 15) is 17.6 Å². The zero-order chi connectivity index (χ0) is 22.4. The van der Waals surface area contributed by atoms with Gasteiger partial charge in [0.25, 0.3) is 15.9 Å². The number of halogens is 2. The molecule has 2 N–H and O–H groups in total. The number of anilines is 2. The Kier molecular flexibility index (Phi) is 6.98. The zero-order valence-corrected chi connectivity index (χ0v) is 17.8. The highest BCUT2D eigenvalue weighted by Crippen LogP contribution is 2.27. The van der Waals surface area contributed by atoms with Crippen LogP contribution < -0.4 is 19.5 Å². The van der Waals surface area contributed by atoms with Gasteiger partial charge in [0.1, 0.15) is 17.3 Å². The molecule has 0 unspecified atom stereocenters. The molecule has 0 saturated carbocycles. The number of carbonyl (C=O) groups is 1. The monoisotopic (exact) mass is 464 g/mol. The molecule has 0 aliphatic heterocycles. The van der Waals surface area contributed by atoms with E-state index in [0.29, 0.717) is 22.2 Å². The Labute approximate surface area is 183 Å². The van der Waals surface area contributed by atoms with Gasteiger partial charge in [-0.2, -0.15) is 0 Å². The third-order valence-corrected chi connectivity index (χ3v) is 5.73. The molecule has 7 nitrogen and oxygen atoms in total. The molecular weight excluding hydrogens is 447 g/mol. The number of benzene rings is 3. The fourth-order valence-electron chi connectivity index (χ4n) is 2.54. The first-order chi connectivity index (χ1) is 14.8. The van der Waals surface area contributed by atoms with Gasteiger partial charge < -0.3 is 14.8 Å². The fourth-order valence-corrected chi connectivity index (χ4v) is 3.85. The molecule has 3 rings (SSSR count). The molecule has 31 heavy (non-hydrogen) atoms. The normalized spacial score (nSPS) is 10.9. The molecule has 10 heteroatoms. The summed E-state index contributed by atoms with van der Waals surface area (Å²) >= 11 is 6.02. The number of hydrogen-bond acceptors (Lipinski definition) is 5. The summed E-state index contributed by atoms with van der Waals surface area (Å²) in [4.78, 5) is 12.0. The van der Waals surface area contributed by atoms with Gasteiger partial charge in [-0.3, -0.25) is 9.52 Å². The van der Waals surface area contributed by atoms with Gasteiger partial charge in [0.2, 0.25) is 0 Å². The largest absolute Gasteiger partial charge is 0.495 e. The summed E-state index contributed by atoms with van der Waals surface area (Å²) in [6.45, 7) is -0.288. The van der Waals surface area contributed by atoms with Crippen LogP contribution in [0.25, 0.3) is 0 Å². The molecule has 1 amide bonds. The molecule has 0 spiro atoms. The molecule has 0 aliphatic carbocycles. The molecule has 0 aliphatic rings. The van der Waals surface area contributed by atoms with Crippen molar-refractivity contribution < 1.29 is 27.1 Å². The van der Waals surface area contributed by atoms with Crippen LogP contribution in [0.5, 0.6) is 11.5 Å². The molecule has 0 fully saturated rings. The van der Waals surface area contributed by atoms with E-state index in [2.05, 4.69) is 10.0 Å². The van der Waals surface area contributed by atoms with Crippen molar-refractivity contribution in [2.75, 3.05) is 23.8 Å². The van der Waals surface area contributed by atoms with Gasteiger partial charge in [0.05, 0.1) is 17.0 Å². The van der Waals surface area contributed by atoms with E-state index >= 15 is 0 Å². The number of nitrogens with one attached hydrogen (secondary N) is 2. The third kappa shape index (κ3) is 6.09. The van der Waals surface area contributed by atoms with Crippen molar-refractivity contribution >= 4 is 38.9 Å². The third-order valence-electron chi connectivity index (χ3n) is 4.04. The van der Waals surface area contributed by atoms with E-state index in [-0.39, 0.29) is 17.2 Å².